The zero-order valence-corrected chi connectivity index (χ0v) is 14.9. The Kier molecular flexibility index (Phi) is 4.94. The molecule has 3 aromatic rings. The summed E-state index contributed by atoms with van der Waals surface area (Å²) in [4.78, 5) is 12.7. The van der Waals surface area contributed by atoms with E-state index in [4.69, 9.17) is 0 Å². The average molecular weight is 383 g/mol. The molecule has 0 aliphatic rings. The topological polar surface area (TPSA) is 72.2 Å². The van der Waals surface area contributed by atoms with E-state index in [0.29, 0.717) is 17.1 Å². The standard InChI is InChI=1S/C16H16F3N5OS/c1-9(2)14-21-22-15-24(14)23-13(26-15)8-7-12(25)20-11-5-3-10(4-6-11)16(17,18)19/h3-6,9H,7-8H2,1-2H3,(H,20,25). The van der Waals surface area contributed by atoms with Gasteiger partial charge in [0.15, 0.2) is 5.82 Å². The van der Waals surface area contributed by atoms with E-state index in [1.807, 2.05) is 13.8 Å². The van der Waals surface area contributed by atoms with Crippen molar-refractivity contribution >= 4 is 27.9 Å². The Labute approximate surface area is 151 Å². The summed E-state index contributed by atoms with van der Waals surface area (Å²) in [7, 11) is 0. The van der Waals surface area contributed by atoms with E-state index in [2.05, 4.69) is 20.6 Å². The van der Waals surface area contributed by atoms with Crippen molar-refractivity contribution < 1.29 is 18.0 Å². The van der Waals surface area contributed by atoms with E-state index >= 15 is 0 Å². The summed E-state index contributed by atoms with van der Waals surface area (Å²) in [5, 5.41) is 15.9. The molecule has 10 heteroatoms. The van der Waals surface area contributed by atoms with Crippen LogP contribution in [0.1, 0.15) is 42.6 Å². The molecule has 0 aliphatic carbocycles. The van der Waals surface area contributed by atoms with Crippen molar-refractivity contribution in [2.24, 2.45) is 0 Å². The molecule has 2 heterocycles. The lowest BCUT2D eigenvalue weighted by molar-refractivity contribution is -0.137. The molecule has 1 N–H and O–H groups in total. The number of carbonyl (C=O) groups excluding carboxylic acids is 1. The summed E-state index contributed by atoms with van der Waals surface area (Å²) in [5.41, 5.74) is -0.431. The van der Waals surface area contributed by atoms with Crippen molar-refractivity contribution in [3.63, 3.8) is 0 Å². The molecule has 3 rings (SSSR count). The smallest absolute Gasteiger partial charge is 0.326 e. The summed E-state index contributed by atoms with van der Waals surface area (Å²) in [5.74, 6) is 0.652. The number of nitrogens with zero attached hydrogens (tertiary/aromatic N) is 4. The molecule has 26 heavy (non-hydrogen) atoms. The largest absolute Gasteiger partial charge is 0.416 e. The summed E-state index contributed by atoms with van der Waals surface area (Å²) < 4.78 is 39.3. The Morgan fingerprint density at radius 1 is 1.23 bits per heavy atom. The van der Waals surface area contributed by atoms with Crippen molar-refractivity contribution in [1.29, 1.82) is 0 Å². The Morgan fingerprint density at radius 2 is 1.92 bits per heavy atom. The number of aryl methyl sites for hydroxylation is 1. The molecular weight excluding hydrogens is 367 g/mol. The van der Waals surface area contributed by atoms with Gasteiger partial charge in [0.05, 0.1) is 5.56 Å². The highest BCUT2D eigenvalue weighted by atomic mass is 32.1. The maximum Gasteiger partial charge on any atom is 0.416 e. The highest BCUT2D eigenvalue weighted by molar-refractivity contribution is 7.16. The zero-order chi connectivity index (χ0) is 18.9. The Bertz CT molecular complexity index is 914. The van der Waals surface area contributed by atoms with Gasteiger partial charge in [0.2, 0.25) is 10.9 Å². The van der Waals surface area contributed by atoms with Gasteiger partial charge < -0.3 is 5.32 Å². The summed E-state index contributed by atoms with van der Waals surface area (Å²) in [6, 6.07) is 4.34. The normalized spacial score (nSPS) is 12.1. The molecule has 0 saturated heterocycles. The predicted octanol–water partition coefficient (Wildman–Crippen LogP) is 3.90. The van der Waals surface area contributed by atoms with Crippen molar-refractivity contribution in [3.8, 4) is 0 Å². The van der Waals surface area contributed by atoms with Crippen LogP contribution in [0.3, 0.4) is 0 Å². The number of nitrogens with one attached hydrogen (secondary N) is 1. The van der Waals surface area contributed by atoms with Gasteiger partial charge in [-0.1, -0.05) is 25.2 Å². The van der Waals surface area contributed by atoms with Gasteiger partial charge in [-0.05, 0) is 24.3 Å². The van der Waals surface area contributed by atoms with E-state index in [0.717, 1.165) is 23.0 Å². The molecule has 0 saturated carbocycles. The highest BCUT2D eigenvalue weighted by Crippen LogP contribution is 2.29. The van der Waals surface area contributed by atoms with Gasteiger partial charge in [-0.25, -0.2) is 0 Å². The van der Waals surface area contributed by atoms with Gasteiger partial charge >= 0.3 is 6.18 Å². The first-order valence-corrected chi connectivity index (χ1v) is 8.74. The third kappa shape index (κ3) is 4.01. The number of hydrogen-bond acceptors (Lipinski definition) is 5. The van der Waals surface area contributed by atoms with Crippen LogP contribution in [0.25, 0.3) is 4.96 Å². The third-order valence-electron chi connectivity index (χ3n) is 3.64. The zero-order valence-electron chi connectivity index (χ0n) is 14.0. The number of halogens is 3. The lowest BCUT2D eigenvalue weighted by atomic mass is 10.2. The number of aromatic nitrogens is 4. The quantitative estimate of drug-likeness (QED) is 0.725. The van der Waals surface area contributed by atoms with Crippen LogP contribution in [-0.2, 0) is 17.4 Å². The van der Waals surface area contributed by atoms with Crippen molar-refractivity contribution in [1.82, 2.24) is 19.8 Å². The van der Waals surface area contributed by atoms with Crippen LogP contribution in [0.2, 0.25) is 0 Å². The number of anilines is 1. The molecule has 0 unspecified atom stereocenters. The fourth-order valence-corrected chi connectivity index (χ4v) is 3.16. The van der Waals surface area contributed by atoms with Gasteiger partial charge in [0.1, 0.15) is 5.01 Å². The second-order valence-electron chi connectivity index (χ2n) is 6.03. The van der Waals surface area contributed by atoms with E-state index in [9.17, 15) is 18.0 Å². The van der Waals surface area contributed by atoms with Crippen LogP contribution >= 0.6 is 11.3 Å². The van der Waals surface area contributed by atoms with Crippen molar-refractivity contribution in [3.05, 3.63) is 40.7 Å². The molecule has 1 amide bonds. The van der Waals surface area contributed by atoms with Gasteiger partial charge in [0.25, 0.3) is 0 Å². The lowest BCUT2D eigenvalue weighted by Gasteiger charge is -2.08. The number of hydrogen-bond donors (Lipinski definition) is 1. The molecule has 0 aliphatic heterocycles. The van der Waals surface area contributed by atoms with Gasteiger partial charge in [-0.2, -0.15) is 22.8 Å². The molecular formula is C16H16F3N5OS. The minimum Gasteiger partial charge on any atom is -0.326 e. The number of carbonyl (C=O) groups is 1. The van der Waals surface area contributed by atoms with Gasteiger partial charge in [-0.15, -0.1) is 10.2 Å². The van der Waals surface area contributed by atoms with E-state index in [1.165, 1.54) is 23.5 Å². The first-order chi connectivity index (χ1) is 12.2. The fraction of sp³-hybridized carbons (Fsp3) is 0.375. The molecule has 6 nitrogen and oxygen atoms in total. The van der Waals surface area contributed by atoms with E-state index in [1.54, 1.807) is 4.52 Å². The Hall–Kier alpha value is -2.49. The maximum absolute atomic E-state index is 12.5. The van der Waals surface area contributed by atoms with Crippen LogP contribution < -0.4 is 5.32 Å². The van der Waals surface area contributed by atoms with Crippen LogP contribution in [0, 0.1) is 0 Å². The highest BCUT2D eigenvalue weighted by Gasteiger charge is 2.30. The molecule has 0 atom stereocenters. The minimum atomic E-state index is -4.39. The first-order valence-electron chi connectivity index (χ1n) is 7.92. The molecule has 0 spiro atoms. The van der Waals surface area contributed by atoms with Crippen LogP contribution in [-0.4, -0.2) is 25.7 Å². The van der Waals surface area contributed by atoms with Crippen molar-refractivity contribution in [2.75, 3.05) is 5.32 Å². The van der Waals surface area contributed by atoms with Crippen molar-refractivity contribution in [2.45, 2.75) is 38.8 Å². The number of fused-ring (bicyclic) bond motifs is 1. The number of amides is 1. The second-order valence-corrected chi connectivity index (χ2v) is 7.07. The van der Waals surface area contributed by atoms with Gasteiger partial charge in [-0.3, -0.25) is 4.79 Å². The average Bonchev–Trinajstić information content (AvgIpc) is 3.12. The molecule has 1 aromatic carbocycles. The Balaban J connectivity index is 1.59. The number of benzene rings is 1. The molecule has 2 aromatic heterocycles. The maximum atomic E-state index is 12.5. The molecule has 0 radical (unpaired) electrons. The summed E-state index contributed by atoms with van der Waals surface area (Å²) >= 11 is 1.36. The molecule has 0 fully saturated rings. The SMILES string of the molecule is CC(C)c1nnc2sc(CCC(=O)Nc3ccc(C(F)(F)F)cc3)nn12. The Morgan fingerprint density at radius 3 is 2.54 bits per heavy atom. The first kappa shape index (κ1) is 18.3. The number of alkyl halides is 3. The fourth-order valence-electron chi connectivity index (χ4n) is 2.32. The van der Waals surface area contributed by atoms with Crippen LogP contribution in [0.15, 0.2) is 24.3 Å². The van der Waals surface area contributed by atoms with Gasteiger partial charge in [0, 0.05) is 24.4 Å². The van der Waals surface area contributed by atoms with Crippen LogP contribution in [0.5, 0.6) is 0 Å². The van der Waals surface area contributed by atoms with Crippen LogP contribution in [0.4, 0.5) is 18.9 Å². The van der Waals surface area contributed by atoms with E-state index in [-0.39, 0.29) is 18.2 Å². The lowest BCUT2D eigenvalue weighted by Crippen LogP contribution is -2.13. The predicted molar refractivity (Wildman–Crippen MR) is 91.1 cm³/mol. The summed E-state index contributed by atoms with van der Waals surface area (Å²) in [6.45, 7) is 3.99. The monoisotopic (exact) mass is 383 g/mol. The third-order valence-corrected chi connectivity index (χ3v) is 4.59. The summed E-state index contributed by atoms with van der Waals surface area (Å²) in [6.07, 6.45) is -3.81. The van der Waals surface area contributed by atoms with E-state index < -0.39 is 11.7 Å². The second kappa shape index (κ2) is 7.02. The number of rotatable bonds is 5. The molecule has 0 bridgehead atoms. The molecule has 138 valence electrons. The minimum absolute atomic E-state index is 0.169.